The Labute approximate surface area is 239 Å². The quantitative estimate of drug-likeness (QED) is 0.226. The summed E-state index contributed by atoms with van der Waals surface area (Å²) in [5, 5.41) is 6.53. The third-order valence-electron chi connectivity index (χ3n) is 5.61. The lowest BCUT2D eigenvalue weighted by Crippen LogP contribution is -2.14. The number of ether oxygens (including phenoxy) is 2. The van der Waals surface area contributed by atoms with Gasteiger partial charge in [0, 0.05) is 0 Å². The van der Waals surface area contributed by atoms with Crippen molar-refractivity contribution in [3.8, 4) is 22.6 Å². The normalized spacial score (nSPS) is 10.6. The van der Waals surface area contributed by atoms with Crippen LogP contribution in [0.15, 0.2) is 72.8 Å². The zero-order chi connectivity index (χ0) is 27.4. The van der Waals surface area contributed by atoms with Gasteiger partial charge >= 0.3 is 0 Å². The number of carbonyl (C=O) groups excluding carboxylic acids is 2. The number of benzene rings is 4. The Morgan fingerprint density at radius 3 is 1.24 bits per heavy atom. The van der Waals surface area contributed by atoms with Crippen LogP contribution in [0.3, 0.4) is 0 Å². The molecule has 4 aromatic carbocycles. The van der Waals surface area contributed by atoms with Crippen LogP contribution in [0.25, 0.3) is 11.1 Å². The maximum atomic E-state index is 12.8. The van der Waals surface area contributed by atoms with Crippen LogP contribution < -0.4 is 20.1 Å². The molecule has 2 amide bonds. The molecule has 6 nitrogen and oxygen atoms in total. The molecule has 0 aliphatic rings. The van der Waals surface area contributed by atoms with Gasteiger partial charge in [0.2, 0.25) is 0 Å². The van der Waals surface area contributed by atoms with Crippen LogP contribution in [-0.4, -0.2) is 26.0 Å². The summed E-state index contributed by atoms with van der Waals surface area (Å²) in [4.78, 5) is 25.7. The lowest BCUT2D eigenvalue weighted by Gasteiger charge is -2.15. The van der Waals surface area contributed by atoms with Gasteiger partial charge in [-0.25, -0.2) is 0 Å². The minimum absolute atomic E-state index is 0.169. The van der Waals surface area contributed by atoms with Crippen molar-refractivity contribution in [3.63, 3.8) is 0 Å². The number of carbonyl (C=O) groups is 2. The Hall–Kier alpha value is -3.42. The molecule has 0 bridgehead atoms. The zero-order valence-corrected chi connectivity index (χ0v) is 23.1. The fourth-order valence-electron chi connectivity index (χ4n) is 3.75. The summed E-state index contributed by atoms with van der Waals surface area (Å²) in [6, 6.07) is 20.2. The van der Waals surface area contributed by atoms with Gasteiger partial charge in [0.05, 0.1) is 56.8 Å². The second kappa shape index (κ2) is 12.0. The van der Waals surface area contributed by atoms with E-state index in [0.29, 0.717) is 22.9 Å². The number of rotatable bonds is 7. The minimum atomic E-state index is -0.466. The largest absolute Gasteiger partial charge is 0.495 e. The highest BCUT2D eigenvalue weighted by Crippen LogP contribution is 2.36. The first-order chi connectivity index (χ1) is 18.2. The molecule has 0 fully saturated rings. The summed E-state index contributed by atoms with van der Waals surface area (Å²) >= 11 is 24.7. The highest BCUT2D eigenvalue weighted by atomic mass is 35.5. The predicted molar refractivity (Wildman–Crippen MR) is 154 cm³/mol. The van der Waals surface area contributed by atoms with Crippen LogP contribution in [0.2, 0.25) is 20.1 Å². The molecule has 38 heavy (non-hydrogen) atoms. The van der Waals surface area contributed by atoms with E-state index in [-0.39, 0.29) is 31.2 Å². The van der Waals surface area contributed by atoms with Gasteiger partial charge in [0.1, 0.15) is 11.5 Å². The molecule has 0 aromatic heterocycles. The van der Waals surface area contributed by atoms with Crippen LogP contribution >= 0.6 is 46.4 Å². The highest BCUT2D eigenvalue weighted by Gasteiger charge is 2.19. The van der Waals surface area contributed by atoms with Gasteiger partial charge in [-0.3, -0.25) is 9.59 Å². The first-order valence-electron chi connectivity index (χ1n) is 11.1. The Morgan fingerprint density at radius 2 is 0.921 bits per heavy atom. The Balaban J connectivity index is 1.59. The summed E-state index contributed by atoms with van der Waals surface area (Å²) in [5.74, 6) is -0.0912. The van der Waals surface area contributed by atoms with Gasteiger partial charge in [-0.2, -0.15) is 0 Å². The third-order valence-corrected chi connectivity index (χ3v) is 6.87. The van der Waals surface area contributed by atoms with Crippen LogP contribution in [0.5, 0.6) is 11.5 Å². The molecule has 4 aromatic rings. The van der Waals surface area contributed by atoms with Gasteiger partial charge in [-0.1, -0.05) is 70.7 Å². The topological polar surface area (TPSA) is 76.7 Å². The fraction of sp³-hybridized carbons (Fsp3) is 0.0714. The van der Waals surface area contributed by atoms with E-state index in [1.54, 1.807) is 60.7 Å². The molecular weight excluding hydrogens is 570 g/mol. The molecule has 0 heterocycles. The molecule has 10 heteroatoms. The average molecular weight is 590 g/mol. The molecule has 0 radical (unpaired) electrons. The smallest absolute Gasteiger partial charge is 0.258 e. The van der Waals surface area contributed by atoms with Crippen molar-refractivity contribution in [2.75, 3.05) is 24.9 Å². The van der Waals surface area contributed by atoms with Gasteiger partial charge in [-0.15, -0.1) is 0 Å². The van der Waals surface area contributed by atoms with Crippen molar-refractivity contribution in [2.24, 2.45) is 0 Å². The summed E-state index contributed by atoms with van der Waals surface area (Å²) in [5.41, 5.74) is 2.76. The first kappa shape index (κ1) is 27.6. The van der Waals surface area contributed by atoms with Crippen molar-refractivity contribution >= 4 is 69.6 Å². The molecule has 0 atom stereocenters. The Bertz CT molecular complexity index is 1390. The number of anilines is 2. The molecule has 0 aliphatic heterocycles. The van der Waals surface area contributed by atoms with E-state index in [9.17, 15) is 9.59 Å². The van der Waals surface area contributed by atoms with Crippen molar-refractivity contribution in [1.82, 2.24) is 0 Å². The molecule has 0 spiro atoms. The molecule has 4 rings (SSSR count). The number of amides is 2. The highest BCUT2D eigenvalue weighted by molar-refractivity contribution is 6.41. The van der Waals surface area contributed by atoms with E-state index >= 15 is 0 Å². The van der Waals surface area contributed by atoms with Crippen LogP contribution in [0.1, 0.15) is 20.7 Å². The SMILES string of the molecule is COc1cc(-c2ccc(NC(=O)c3c(Cl)cccc3Cl)c(OC)c2)ccc1NC(=O)c1c(Cl)cccc1Cl. The van der Waals surface area contributed by atoms with Crippen LogP contribution in [0, 0.1) is 0 Å². The van der Waals surface area contributed by atoms with E-state index in [0.717, 1.165) is 11.1 Å². The van der Waals surface area contributed by atoms with Crippen molar-refractivity contribution in [1.29, 1.82) is 0 Å². The van der Waals surface area contributed by atoms with E-state index in [1.807, 2.05) is 12.1 Å². The monoisotopic (exact) mass is 588 g/mol. The standard InChI is InChI=1S/C28H20Cl4N2O4/c1-37-23-13-15(9-11-21(23)33-27(35)25-17(29)5-3-6-18(25)30)16-10-12-22(24(14-16)38-2)34-28(36)26-19(31)7-4-8-20(26)32/h3-14H,1-2H3,(H,33,35)(H,34,36). The number of hydrogen-bond donors (Lipinski definition) is 2. The van der Waals surface area contributed by atoms with Crippen LogP contribution in [-0.2, 0) is 0 Å². The fourth-order valence-corrected chi connectivity index (χ4v) is 4.89. The molecule has 2 N–H and O–H groups in total. The molecule has 0 aliphatic carbocycles. The predicted octanol–water partition coefficient (Wildman–Crippen LogP) is 8.49. The zero-order valence-electron chi connectivity index (χ0n) is 20.1. The first-order valence-corrected chi connectivity index (χ1v) is 12.6. The van der Waals surface area contributed by atoms with Crippen LogP contribution in [0.4, 0.5) is 11.4 Å². The average Bonchev–Trinajstić information content (AvgIpc) is 2.89. The maximum absolute atomic E-state index is 12.8. The van der Waals surface area contributed by atoms with Crippen molar-refractivity contribution < 1.29 is 19.1 Å². The molecule has 0 unspecified atom stereocenters. The molecule has 0 saturated carbocycles. The minimum Gasteiger partial charge on any atom is -0.495 e. The molecule has 194 valence electrons. The summed E-state index contributed by atoms with van der Waals surface area (Å²) in [6.07, 6.45) is 0. The van der Waals surface area contributed by atoms with Gasteiger partial charge in [0.25, 0.3) is 11.8 Å². The Morgan fingerprint density at radius 1 is 0.579 bits per heavy atom. The number of nitrogens with one attached hydrogen (secondary N) is 2. The Kier molecular flexibility index (Phi) is 8.69. The number of methoxy groups -OCH3 is 2. The number of halogens is 4. The maximum Gasteiger partial charge on any atom is 0.258 e. The second-order valence-electron chi connectivity index (χ2n) is 7.93. The van der Waals surface area contributed by atoms with E-state index in [2.05, 4.69) is 10.6 Å². The second-order valence-corrected chi connectivity index (χ2v) is 9.56. The molecular formula is C28H20Cl4N2O4. The lowest BCUT2D eigenvalue weighted by molar-refractivity contribution is 0.101. The van der Waals surface area contributed by atoms with Gasteiger partial charge in [-0.05, 0) is 59.7 Å². The third kappa shape index (κ3) is 5.84. The summed E-state index contributed by atoms with van der Waals surface area (Å²) in [7, 11) is 2.99. The van der Waals surface area contributed by atoms with Gasteiger partial charge in [0.15, 0.2) is 0 Å². The lowest BCUT2D eigenvalue weighted by atomic mass is 10.0. The molecule has 0 saturated heterocycles. The van der Waals surface area contributed by atoms with Crippen molar-refractivity contribution in [3.05, 3.63) is 104 Å². The summed E-state index contributed by atoms with van der Waals surface area (Å²) in [6.45, 7) is 0. The van der Waals surface area contributed by atoms with Crippen molar-refractivity contribution in [2.45, 2.75) is 0 Å². The van der Waals surface area contributed by atoms with Gasteiger partial charge < -0.3 is 20.1 Å². The van der Waals surface area contributed by atoms with E-state index < -0.39 is 11.8 Å². The van der Waals surface area contributed by atoms with E-state index in [4.69, 9.17) is 55.9 Å². The van der Waals surface area contributed by atoms with E-state index in [1.165, 1.54) is 14.2 Å². The number of hydrogen-bond acceptors (Lipinski definition) is 4. The summed E-state index contributed by atoms with van der Waals surface area (Å²) < 4.78 is 11.0.